The van der Waals surface area contributed by atoms with E-state index in [1.165, 1.54) is 16.7 Å². The Balaban J connectivity index is 2.33. The van der Waals surface area contributed by atoms with Crippen molar-refractivity contribution < 1.29 is 22.8 Å². The highest BCUT2D eigenvalue weighted by Gasteiger charge is 2.29. The predicted molar refractivity (Wildman–Crippen MR) is 105 cm³/mol. The quantitative estimate of drug-likeness (QED) is 0.483. The lowest BCUT2D eigenvalue weighted by molar-refractivity contribution is 0.283. The van der Waals surface area contributed by atoms with Crippen LogP contribution in [0.3, 0.4) is 0 Å². The van der Waals surface area contributed by atoms with Crippen LogP contribution in [0.5, 0.6) is 5.75 Å². The first-order chi connectivity index (χ1) is 12.5. The molecule has 1 atom stereocenters. The van der Waals surface area contributed by atoms with Crippen molar-refractivity contribution in [1.29, 1.82) is 0 Å². The molecule has 0 bridgehead atoms. The van der Waals surface area contributed by atoms with Gasteiger partial charge in [0.2, 0.25) is 0 Å². The molecule has 2 aromatic carbocycles. The van der Waals surface area contributed by atoms with E-state index in [-0.39, 0.29) is 11.5 Å². The lowest BCUT2D eigenvalue weighted by Gasteiger charge is -2.23. The summed E-state index contributed by atoms with van der Waals surface area (Å²) in [5.41, 5.74) is 0.706. The average Bonchev–Trinajstić information content (AvgIpc) is 3.13. The summed E-state index contributed by atoms with van der Waals surface area (Å²) in [6.45, 7) is -0.171. The zero-order valence-electron chi connectivity index (χ0n) is 13.9. The second-order valence-corrected chi connectivity index (χ2v) is 9.64. The summed E-state index contributed by atoms with van der Waals surface area (Å²) in [5.74, 6) is 0.624. The third-order valence-electron chi connectivity index (χ3n) is 3.85. The highest BCUT2D eigenvalue weighted by Crippen LogP contribution is 2.40. The van der Waals surface area contributed by atoms with Crippen molar-refractivity contribution in [3.63, 3.8) is 0 Å². The highest BCUT2D eigenvalue weighted by atomic mass is 32.2. The van der Waals surface area contributed by atoms with Crippen molar-refractivity contribution in [2.45, 2.75) is 11.5 Å². The van der Waals surface area contributed by atoms with E-state index in [9.17, 15) is 18.1 Å². The number of hydrogen-bond acceptors (Lipinski definition) is 5. The first kappa shape index (κ1) is 19.0. The van der Waals surface area contributed by atoms with Gasteiger partial charge in [0.1, 0.15) is 10.6 Å². The molecule has 5 nitrogen and oxygen atoms in total. The summed E-state index contributed by atoms with van der Waals surface area (Å²) >= 11 is 1.21. The predicted octanol–water partition coefficient (Wildman–Crippen LogP) is 2.25. The van der Waals surface area contributed by atoms with Crippen LogP contribution in [0.25, 0.3) is 0 Å². The molecule has 0 fully saturated rings. The number of methoxy groups -OCH3 is 1. The van der Waals surface area contributed by atoms with E-state index in [1.807, 2.05) is 42.5 Å². The minimum absolute atomic E-state index is 0.104. The topological polar surface area (TPSA) is 83.8 Å². The molecule has 3 aromatic rings. The zero-order chi connectivity index (χ0) is 18.7. The first-order valence-corrected chi connectivity index (χ1v) is 11.4. The van der Waals surface area contributed by atoms with Crippen LogP contribution in [0, 0.1) is 0 Å². The van der Waals surface area contributed by atoms with Crippen LogP contribution in [0.1, 0.15) is 5.56 Å². The molecular formula is C18H17O5PS2. The van der Waals surface area contributed by atoms with Gasteiger partial charge in [-0.15, -0.1) is 0 Å². The summed E-state index contributed by atoms with van der Waals surface area (Å²) in [6.07, 6.45) is 0. The molecule has 0 aliphatic carbocycles. The third kappa shape index (κ3) is 3.68. The van der Waals surface area contributed by atoms with Gasteiger partial charge < -0.3 is 9.84 Å². The van der Waals surface area contributed by atoms with Gasteiger partial charge in [0, 0.05) is 21.4 Å². The van der Waals surface area contributed by atoms with E-state index in [0.29, 0.717) is 16.6 Å². The Morgan fingerprint density at radius 2 is 1.65 bits per heavy atom. The summed E-state index contributed by atoms with van der Waals surface area (Å²) < 4.78 is 38.9. The molecule has 8 heteroatoms. The van der Waals surface area contributed by atoms with E-state index in [1.54, 1.807) is 18.6 Å². The molecule has 136 valence electrons. The van der Waals surface area contributed by atoms with Crippen LogP contribution in [0.15, 0.2) is 64.2 Å². The standard InChI is InChI=1S/C18H17O5PS2/c1-23-14-7-3-5-9-16(14)24(15-8-4-2-6-13(15)10-19)17-11-25-12-18(17)26(20,21)22/h2-9,11-12,19H,10H2,1H3,(H,20,21,22). The number of benzene rings is 2. The van der Waals surface area contributed by atoms with Crippen molar-refractivity contribution >= 4 is 45.3 Å². The monoisotopic (exact) mass is 408 g/mol. The largest absolute Gasteiger partial charge is 0.496 e. The number of para-hydroxylation sites is 1. The van der Waals surface area contributed by atoms with Crippen molar-refractivity contribution in [2.24, 2.45) is 0 Å². The minimum Gasteiger partial charge on any atom is -0.496 e. The summed E-state index contributed by atoms with van der Waals surface area (Å²) in [4.78, 5) is -0.104. The van der Waals surface area contributed by atoms with Crippen LogP contribution < -0.4 is 20.7 Å². The van der Waals surface area contributed by atoms with Gasteiger partial charge in [0.25, 0.3) is 10.1 Å². The van der Waals surface area contributed by atoms with E-state index >= 15 is 0 Å². The molecule has 2 N–H and O–H groups in total. The number of ether oxygens (including phenoxy) is 1. The van der Waals surface area contributed by atoms with Gasteiger partial charge in [0.15, 0.2) is 0 Å². The molecule has 1 unspecified atom stereocenters. The smallest absolute Gasteiger partial charge is 0.296 e. The maximum atomic E-state index is 11.9. The van der Waals surface area contributed by atoms with Gasteiger partial charge in [-0.1, -0.05) is 42.5 Å². The van der Waals surface area contributed by atoms with Crippen molar-refractivity contribution in [1.82, 2.24) is 0 Å². The number of aliphatic hydroxyl groups excluding tert-OH is 1. The highest BCUT2D eigenvalue weighted by molar-refractivity contribution is 7.88. The van der Waals surface area contributed by atoms with Gasteiger partial charge >= 0.3 is 0 Å². The molecule has 0 radical (unpaired) electrons. The molecule has 0 aliphatic rings. The van der Waals surface area contributed by atoms with Gasteiger partial charge in [-0.05, 0) is 24.9 Å². The van der Waals surface area contributed by atoms with Crippen molar-refractivity contribution in [3.8, 4) is 5.75 Å². The van der Waals surface area contributed by atoms with Crippen LogP contribution >= 0.6 is 19.3 Å². The van der Waals surface area contributed by atoms with E-state index in [2.05, 4.69) is 0 Å². The molecule has 0 spiro atoms. The van der Waals surface area contributed by atoms with Crippen LogP contribution in [0.2, 0.25) is 0 Å². The van der Waals surface area contributed by atoms with Gasteiger partial charge in [0.05, 0.1) is 13.7 Å². The number of aliphatic hydroxyl groups is 1. The minimum atomic E-state index is -4.37. The fourth-order valence-electron chi connectivity index (χ4n) is 2.70. The van der Waals surface area contributed by atoms with Crippen molar-refractivity contribution in [3.05, 3.63) is 64.9 Å². The fraction of sp³-hybridized carbons (Fsp3) is 0.111. The Kier molecular flexibility index (Phi) is 5.75. The third-order valence-corrected chi connectivity index (χ3v) is 8.59. The lowest BCUT2D eigenvalue weighted by Crippen LogP contribution is -2.26. The second kappa shape index (κ2) is 7.86. The maximum Gasteiger partial charge on any atom is 0.296 e. The van der Waals surface area contributed by atoms with Crippen molar-refractivity contribution in [2.75, 3.05) is 7.11 Å². The Bertz CT molecular complexity index is 966. The maximum absolute atomic E-state index is 11.9. The van der Waals surface area contributed by atoms with Crippen LogP contribution in [-0.2, 0) is 16.7 Å². The van der Waals surface area contributed by atoms with E-state index in [0.717, 1.165) is 10.6 Å². The first-order valence-electron chi connectivity index (χ1n) is 7.63. The fourth-order valence-corrected chi connectivity index (χ4v) is 7.99. The number of hydrogen-bond donors (Lipinski definition) is 2. The molecule has 0 saturated carbocycles. The van der Waals surface area contributed by atoms with Crippen LogP contribution in [-0.4, -0.2) is 25.2 Å². The molecule has 0 saturated heterocycles. The van der Waals surface area contributed by atoms with E-state index in [4.69, 9.17) is 4.74 Å². The normalized spacial score (nSPS) is 12.7. The SMILES string of the molecule is COc1ccccc1P(c1ccccc1CO)c1cscc1S(=O)(=O)O. The van der Waals surface area contributed by atoms with Gasteiger partial charge in [-0.2, -0.15) is 19.8 Å². The molecule has 26 heavy (non-hydrogen) atoms. The molecule has 0 amide bonds. The van der Waals surface area contributed by atoms with E-state index < -0.39 is 18.0 Å². The number of thiophene rings is 1. The van der Waals surface area contributed by atoms with Gasteiger partial charge in [-0.25, -0.2) is 0 Å². The Morgan fingerprint density at radius 1 is 1.00 bits per heavy atom. The lowest BCUT2D eigenvalue weighted by atomic mass is 10.2. The molecule has 3 rings (SSSR count). The second-order valence-electron chi connectivity index (χ2n) is 5.39. The molecule has 1 aromatic heterocycles. The average molecular weight is 408 g/mol. The zero-order valence-corrected chi connectivity index (χ0v) is 16.4. The molecule has 0 aliphatic heterocycles. The Labute approximate surface area is 157 Å². The Morgan fingerprint density at radius 3 is 2.31 bits per heavy atom. The molecular weight excluding hydrogens is 391 g/mol. The summed E-state index contributed by atoms with van der Waals surface area (Å²) in [6, 6.07) is 14.7. The Hall–Kier alpha value is -1.76. The molecule has 1 heterocycles. The number of rotatable bonds is 6. The summed E-state index contributed by atoms with van der Waals surface area (Å²) in [5, 5.41) is 15.1. The summed E-state index contributed by atoms with van der Waals surface area (Å²) in [7, 11) is -4.17. The van der Waals surface area contributed by atoms with Crippen LogP contribution in [0.4, 0.5) is 0 Å². The van der Waals surface area contributed by atoms with Gasteiger partial charge in [-0.3, -0.25) is 4.55 Å².